The Bertz CT molecular complexity index is 739. The van der Waals surface area contributed by atoms with Crippen molar-refractivity contribution in [2.24, 2.45) is 0 Å². The van der Waals surface area contributed by atoms with E-state index in [0.29, 0.717) is 0 Å². The van der Waals surface area contributed by atoms with Crippen molar-refractivity contribution in [2.45, 2.75) is 32.0 Å². The zero-order chi connectivity index (χ0) is 17.2. The second-order valence-electron chi connectivity index (χ2n) is 6.43. The van der Waals surface area contributed by atoms with Crippen LogP contribution in [0.1, 0.15) is 19.4 Å². The molecule has 2 aromatic rings. The highest BCUT2D eigenvalue weighted by molar-refractivity contribution is 5.93. The van der Waals surface area contributed by atoms with E-state index in [-0.39, 0.29) is 12.5 Å². The topological polar surface area (TPSA) is 67.4 Å². The Morgan fingerprint density at radius 1 is 1.08 bits per heavy atom. The molecule has 24 heavy (non-hydrogen) atoms. The fraction of sp³-hybridized carbons (Fsp3) is 0.263. The maximum absolute atomic E-state index is 11.8. The van der Waals surface area contributed by atoms with Gasteiger partial charge < -0.3 is 15.4 Å². The van der Waals surface area contributed by atoms with Gasteiger partial charge in [0, 0.05) is 0 Å². The molecule has 1 atom stereocenters. The zero-order valence-electron chi connectivity index (χ0n) is 13.7. The number of amides is 2. The molecular weight excluding hydrogens is 304 g/mol. The van der Waals surface area contributed by atoms with Crippen LogP contribution in [0.4, 0.5) is 4.79 Å². The number of alkyl carbamates (subject to hydrolysis) is 1. The number of benzene rings is 2. The Kier molecular flexibility index (Phi) is 4.25. The molecule has 2 N–H and O–H groups in total. The summed E-state index contributed by atoms with van der Waals surface area (Å²) in [7, 11) is 0. The predicted octanol–water partition coefficient (Wildman–Crippen LogP) is 2.86. The Labute approximate surface area is 141 Å². The van der Waals surface area contributed by atoms with E-state index in [1.807, 2.05) is 68.4 Å². The molecule has 0 unspecified atom stereocenters. The first kappa shape index (κ1) is 16.1. The van der Waals surface area contributed by atoms with Crippen molar-refractivity contribution >= 4 is 12.0 Å². The van der Waals surface area contributed by atoms with Gasteiger partial charge in [-0.3, -0.25) is 4.79 Å². The van der Waals surface area contributed by atoms with Crippen molar-refractivity contribution in [3.05, 3.63) is 60.2 Å². The lowest BCUT2D eigenvalue weighted by Gasteiger charge is -2.43. The molecule has 0 radical (unpaired) electrons. The summed E-state index contributed by atoms with van der Waals surface area (Å²) in [4.78, 5) is 23.3. The van der Waals surface area contributed by atoms with E-state index in [9.17, 15) is 9.59 Å². The van der Waals surface area contributed by atoms with Crippen molar-refractivity contribution < 1.29 is 14.3 Å². The molecule has 5 nitrogen and oxygen atoms in total. The molecule has 1 heterocycles. The smallest absolute Gasteiger partial charge is 0.408 e. The molecule has 0 spiro atoms. The second kappa shape index (κ2) is 6.35. The number of nitrogens with one attached hydrogen (secondary N) is 2. The number of carbonyl (C=O) groups excluding carboxylic acids is 2. The van der Waals surface area contributed by atoms with Crippen LogP contribution in [0.25, 0.3) is 11.1 Å². The normalized spacial score (nSPS) is 18.2. The molecular formula is C19H20N2O3. The van der Waals surface area contributed by atoms with Gasteiger partial charge in [0.05, 0.1) is 5.54 Å². The van der Waals surface area contributed by atoms with Gasteiger partial charge in [0.1, 0.15) is 12.6 Å². The maximum Gasteiger partial charge on any atom is 0.408 e. The summed E-state index contributed by atoms with van der Waals surface area (Å²) in [6.07, 6.45) is -0.588. The van der Waals surface area contributed by atoms with Crippen LogP contribution >= 0.6 is 0 Å². The summed E-state index contributed by atoms with van der Waals surface area (Å²) >= 11 is 0. The molecule has 2 amide bonds. The molecule has 0 aromatic heterocycles. The lowest BCUT2D eigenvalue weighted by atomic mass is 9.86. The van der Waals surface area contributed by atoms with Gasteiger partial charge in [-0.2, -0.15) is 0 Å². The summed E-state index contributed by atoms with van der Waals surface area (Å²) in [5.41, 5.74) is 2.70. The molecule has 124 valence electrons. The summed E-state index contributed by atoms with van der Waals surface area (Å²) < 4.78 is 5.19. The van der Waals surface area contributed by atoms with Crippen molar-refractivity contribution in [3.8, 4) is 11.1 Å². The third-order valence-corrected chi connectivity index (χ3v) is 4.12. The van der Waals surface area contributed by atoms with Gasteiger partial charge in [0.15, 0.2) is 0 Å². The fourth-order valence-electron chi connectivity index (χ4n) is 2.69. The van der Waals surface area contributed by atoms with E-state index < -0.39 is 17.7 Å². The first-order valence-electron chi connectivity index (χ1n) is 7.85. The van der Waals surface area contributed by atoms with Crippen LogP contribution in [0.3, 0.4) is 0 Å². The summed E-state index contributed by atoms with van der Waals surface area (Å²) in [5, 5.41) is 5.31. The van der Waals surface area contributed by atoms with Gasteiger partial charge in [0.25, 0.3) is 0 Å². The van der Waals surface area contributed by atoms with E-state index >= 15 is 0 Å². The SMILES string of the molecule is CC1(C)NC(=O)[C@H]1NC(=O)OCc1ccc(-c2ccccc2)cc1. The van der Waals surface area contributed by atoms with E-state index in [0.717, 1.165) is 16.7 Å². The van der Waals surface area contributed by atoms with Crippen LogP contribution < -0.4 is 10.6 Å². The number of β-lactam (4-membered cyclic amide) rings is 1. The molecule has 3 rings (SSSR count). The average Bonchev–Trinajstić information content (AvgIpc) is 2.59. The third kappa shape index (κ3) is 3.40. The summed E-state index contributed by atoms with van der Waals surface area (Å²) in [6.45, 7) is 3.86. The second-order valence-corrected chi connectivity index (χ2v) is 6.43. The molecule has 0 bridgehead atoms. The molecule has 1 aliphatic heterocycles. The molecule has 5 heteroatoms. The highest BCUT2D eigenvalue weighted by Gasteiger charge is 2.47. The van der Waals surface area contributed by atoms with Crippen LogP contribution in [0.5, 0.6) is 0 Å². The minimum absolute atomic E-state index is 0.162. The first-order valence-corrected chi connectivity index (χ1v) is 7.85. The lowest BCUT2D eigenvalue weighted by Crippen LogP contribution is -2.75. The molecule has 1 aliphatic rings. The van der Waals surface area contributed by atoms with Crippen molar-refractivity contribution in [3.63, 3.8) is 0 Å². The monoisotopic (exact) mass is 324 g/mol. The molecule has 1 fully saturated rings. The van der Waals surface area contributed by atoms with Crippen molar-refractivity contribution in [1.82, 2.24) is 10.6 Å². The third-order valence-electron chi connectivity index (χ3n) is 4.12. The highest BCUT2D eigenvalue weighted by Crippen LogP contribution is 2.20. The Morgan fingerprint density at radius 2 is 1.71 bits per heavy atom. The number of rotatable bonds is 4. The number of hydrogen-bond acceptors (Lipinski definition) is 3. The molecule has 0 aliphatic carbocycles. The largest absolute Gasteiger partial charge is 0.445 e. The van der Waals surface area contributed by atoms with Crippen LogP contribution in [0.2, 0.25) is 0 Å². The van der Waals surface area contributed by atoms with Gasteiger partial charge in [-0.05, 0) is 30.5 Å². The Hall–Kier alpha value is -2.82. The summed E-state index contributed by atoms with van der Waals surface area (Å²) in [6, 6.07) is 17.4. The Balaban J connectivity index is 1.53. The number of carbonyl (C=O) groups is 2. The Morgan fingerprint density at radius 3 is 2.29 bits per heavy atom. The van der Waals surface area contributed by atoms with Crippen molar-refractivity contribution in [2.75, 3.05) is 0 Å². The number of hydrogen-bond donors (Lipinski definition) is 2. The fourth-order valence-corrected chi connectivity index (χ4v) is 2.69. The molecule has 2 aromatic carbocycles. The van der Waals surface area contributed by atoms with E-state index in [1.54, 1.807) is 0 Å². The van der Waals surface area contributed by atoms with E-state index in [4.69, 9.17) is 4.74 Å². The van der Waals surface area contributed by atoms with Gasteiger partial charge in [-0.1, -0.05) is 54.6 Å². The lowest BCUT2D eigenvalue weighted by molar-refractivity contribution is -0.135. The van der Waals surface area contributed by atoms with Crippen LogP contribution in [-0.4, -0.2) is 23.6 Å². The van der Waals surface area contributed by atoms with Gasteiger partial charge in [-0.25, -0.2) is 4.79 Å². The van der Waals surface area contributed by atoms with Gasteiger partial charge in [-0.15, -0.1) is 0 Å². The van der Waals surface area contributed by atoms with Gasteiger partial charge in [0.2, 0.25) is 5.91 Å². The standard InChI is InChI=1S/C19H20N2O3/c1-19(2)16(17(22)21-19)20-18(23)24-12-13-8-10-15(11-9-13)14-6-4-3-5-7-14/h3-11,16H,12H2,1-2H3,(H,20,23)(H,21,22)/t16-/m1/s1. The average molecular weight is 324 g/mol. The van der Waals surface area contributed by atoms with Crippen LogP contribution in [0.15, 0.2) is 54.6 Å². The van der Waals surface area contributed by atoms with Crippen molar-refractivity contribution in [1.29, 1.82) is 0 Å². The minimum atomic E-state index is -0.588. The zero-order valence-corrected chi connectivity index (χ0v) is 13.7. The molecule has 1 saturated heterocycles. The van der Waals surface area contributed by atoms with Crippen LogP contribution in [0, 0.1) is 0 Å². The highest BCUT2D eigenvalue weighted by atomic mass is 16.5. The number of ether oxygens (including phenoxy) is 1. The first-order chi connectivity index (χ1) is 11.5. The van der Waals surface area contributed by atoms with Gasteiger partial charge >= 0.3 is 6.09 Å². The van der Waals surface area contributed by atoms with Crippen LogP contribution in [-0.2, 0) is 16.1 Å². The summed E-state index contributed by atoms with van der Waals surface area (Å²) in [5.74, 6) is -0.191. The van der Waals surface area contributed by atoms with E-state index in [2.05, 4.69) is 10.6 Å². The predicted molar refractivity (Wildman–Crippen MR) is 91.2 cm³/mol. The molecule has 0 saturated carbocycles. The quantitative estimate of drug-likeness (QED) is 0.850. The van der Waals surface area contributed by atoms with E-state index in [1.165, 1.54) is 0 Å². The maximum atomic E-state index is 11.8. The minimum Gasteiger partial charge on any atom is -0.445 e.